The Hall–Kier alpha value is -3.96. The summed E-state index contributed by atoms with van der Waals surface area (Å²) >= 11 is 0. The van der Waals surface area contributed by atoms with Crippen molar-refractivity contribution in [2.24, 2.45) is 0 Å². The smallest absolute Gasteiger partial charge is 0.217 e. The second-order valence-electron chi connectivity index (χ2n) is 15.4. The van der Waals surface area contributed by atoms with Crippen molar-refractivity contribution in [3.63, 3.8) is 0 Å². The molecule has 3 aliphatic heterocycles. The lowest BCUT2D eigenvalue weighted by atomic mass is 9.94. The zero-order valence-corrected chi connectivity index (χ0v) is 34.8. The van der Waals surface area contributed by atoms with Crippen molar-refractivity contribution in [1.29, 1.82) is 0 Å². The second kappa shape index (κ2) is 23.1. The molecule has 0 unspecified atom stereocenters. The average Bonchev–Trinajstić information content (AvgIpc) is 3.28. The standard InChI is InChI=1S/C44H58N2O16/c1-25(49)45-33-36(52)35(51)30(19-47)58-42(33)61-38-31(20-48)59-43(34(37(38)53)46-26(2)50)62-41-40(57-23-29-17-11-6-12-18-29)39(56-22-28-15-9-5-10-16-28)32(60-44(41)54-3)24-55-21-27-13-7-4-8-14-27/h4-18,30-44,47-48,51-53H,19-24H2,1-3H3,(H,45,49)(H,46,50)/t30-,31-,32+,33-,34-,35+,36-,37-,38+,39-,40+,41-,42-,43+,44-/m0/s1. The number of nitrogens with one attached hydrogen (secondary N) is 2. The first-order valence-corrected chi connectivity index (χ1v) is 20.5. The lowest BCUT2D eigenvalue weighted by molar-refractivity contribution is -0.371. The number of hydrogen-bond donors (Lipinski definition) is 7. The summed E-state index contributed by atoms with van der Waals surface area (Å²) in [5.74, 6) is -1.19. The van der Waals surface area contributed by atoms with Gasteiger partial charge in [-0.15, -0.1) is 0 Å². The molecule has 3 heterocycles. The zero-order valence-electron chi connectivity index (χ0n) is 34.8. The van der Waals surface area contributed by atoms with Crippen molar-refractivity contribution < 1.29 is 77.8 Å². The van der Waals surface area contributed by atoms with Crippen LogP contribution < -0.4 is 10.6 Å². The second-order valence-corrected chi connectivity index (χ2v) is 15.4. The molecule has 6 rings (SSSR count). The van der Waals surface area contributed by atoms with Gasteiger partial charge in [-0.2, -0.15) is 0 Å². The number of hydrogen-bond acceptors (Lipinski definition) is 16. The predicted molar refractivity (Wildman–Crippen MR) is 216 cm³/mol. The first-order chi connectivity index (χ1) is 30.0. The molecule has 18 heteroatoms. The van der Waals surface area contributed by atoms with E-state index in [9.17, 15) is 35.1 Å². The highest BCUT2D eigenvalue weighted by Gasteiger charge is 2.55. The van der Waals surface area contributed by atoms with E-state index in [2.05, 4.69) is 10.6 Å². The number of aliphatic hydroxyl groups is 5. The van der Waals surface area contributed by atoms with Gasteiger partial charge in [0.2, 0.25) is 11.8 Å². The van der Waals surface area contributed by atoms with E-state index in [1.165, 1.54) is 21.0 Å². The van der Waals surface area contributed by atoms with E-state index in [-0.39, 0.29) is 26.4 Å². The molecule has 0 radical (unpaired) electrons. The van der Waals surface area contributed by atoms with E-state index in [1.54, 1.807) is 0 Å². The fourth-order valence-corrected chi connectivity index (χ4v) is 7.77. The van der Waals surface area contributed by atoms with Crippen LogP contribution in [0.4, 0.5) is 0 Å². The van der Waals surface area contributed by atoms with Crippen LogP contribution in [0.15, 0.2) is 91.0 Å². The molecule has 0 aliphatic carbocycles. The highest BCUT2D eigenvalue weighted by atomic mass is 16.8. The van der Waals surface area contributed by atoms with E-state index in [1.807, 2.05) is 91.0 Å². The quantitative estimate of drug-likeness (QED) is 0.0842. The van der Waals surface area contributed by atoms with E-state index in [0.717, 1.165) is 16.7 Å². The van der Waals surface area contributed by atoms with Crippen LogP contribution in [0.2, 0.25) is 0 Å². The molecule has 340 valence electrons. The predicted octanol–water partition coefficient (Wildman–Crippen LogP) is 0.0422. The van der Waals surface area contributed by atoms with Gasteiger partial charge in [0.15, 0.2) is 18.9 Å². The fraction of sp³-hybridized carbons (Fsp3) is 0.545. The summed E-state index contributed by atoms with van der Waals surface area (Å²) in [7, 11) is 1.42. The number of methoxy groups -OCH3 is 1. The van der Waals surface area contributed by atoms with Crippen LogP contribution in [-0.2, 0) is 72.0 Å². The minimum atomic E-state index is -1.70. The summed E-state index contributed by atoms with van der Waals surface area (Å²) in [6.07, 6.45) is -17.2. The Morgan fingerprint density at radius 1 is 0.548 bits per heavy atom. The van der Waals surface area contributed by atoms with Gasteiger partial charge in [0.25, 0.3) is 0 Å². The van der Waals surface area contributed by atoms with Crippen molar-refractivity contribution in [2.45, 2.75) is 126 Å². The molecule has 3 fully saturated rings. The van der Waals surface area contributed by atoms with Gasteiger partial charge in [-0.3, -0.25) is 9.59 Å². The van der Waals surface area contributed by atoms with Gasteiger partial charge in [0.1, 0.15) is 73.1 Å². The third-order valence-corrected chi connectivity index (χ3v) is 10.8. The molecule has 3 aliphatic rings. The van der Waals surface area contributed by atoms with Crippen LogP contribution >= 0.6 is 0 Å². The highest BCUT2D eigenvalue weighted by molar-refractivity contribution is 5.73. The highest BCUT2D eigenvalue weighted by Crippen LogP contribution is 2.35. The number of amides is 2. The maximum atomic E-state index is 12.7. The number of aliphatic hydroxyl groups excluding tert-OH is 5. The molecule has 3 saturated heterocycles. The SMILES string of the molecule is CO[C@H]1O[C@H](COCc2ccccc2)[C@H](OCc2ccccc2)[C@@H](OCc2ccccc2)[C@@H]1O[C@H]1O[C@@H](CO)[C@@H](O[C@@H]2O[C@@H](CO)[C@@H](O)[C@@H](O)[C@@H]2NC(C)=O)[C@@H](O)[C@@H]1NC(C)=O. The molecule has 62 heavy (non-hydrogen) atoms. The summed E-state index contributed by atoms with van der Waals surface area (Å²) in [4.78, 5) is 24.9. The molecule has 3 aromatic rings. The van der Waals surface area contributed by atoms with Gasteiger partial charge >= 0.3 is 0 Å². The van der Waals surface area contributed by atoms with Crippen LogP contribution in [0.5, 0.6) is 0 Å². The van der Waals surface area contributed by atoms with Crippen LogP contribution in [0.1, 0.15) is 30.5 Å². The first-order valence-electron chi connectivity index (χ1n) is 20.5. The monoisotopic (exact) mass is 870 g/mol. The maximum Gasteiger partial charge on any atom is 0.217 e. The molecule has 0 bridgehead atoms. The maximum absolute atomic E-state index is 12.7. The van der Waals surface area contributed by atoms with Crippen LogP contribution in [0, 0.1) is 0 Å². The molecule has 0 saturated carbocycles. The van der Waals surface area contributed by atoms with Crippen molar-refractivity contribution in [2.75, 3.05) is 26.9 Å². The molecule has 7 N–H and O–H groups in total. The van der Waals surface area contributed by atoms with E-state index in [0.29, 0.717) is 0 Å². The van der Waals surface area contributed by atoms with Gasteiger partial charge < -0.3 is 78.8 Å². The van der Waals surface area contributed by atoms with E-state index < -0.39 is 117 Å². The average molecular weight is 871 g/mol. The fourth-order valence-electron chi connectivity index (χ4n) is 7.77. The number of ether oxygens (including phenoxy) is 9. The zero-order chi connectivity index (χ0) is 44.2. The summed E-state index contributed by atoms with van der Waals surface area (Å²) in [6, 6.07) is 25.8. The van der Waals surface area contributed by atoms with Gasteiger partial charge in [-0.05, 0) is 16.7 Å². The Bertz CT molecular complexity index is 1800. The molecular weight excluding hydrogens is 812 g/mol. The Labute approximate surface area is 359 Å². The summed E-state index contributed by atoms with van der Waals surface area (Å²) in [5.41, 5.74) is 2.67. The summed E-state index contributed by atoms with van der Waals surface area (Å²) in [5, 5.41) is 59.1. The Morgan fingerprint density at radius 3 is 1.50 bits per heavy atom. The molecule has 0 spiro atoms. The van der Waals surface area contributed by atoms with Gasteiger partial charge in [-0.1, -0.05) is 91.0 Å². The molecule has 3 aromatic carbocycles. The van der Waals surface area contributed by atoms with Crippen molar-refractivity contribution in [3.05, 3.63) is 108 Å². The first kappa shape index (κ1) is 47.5. The molecular formula is C44H58N2O16. The number of benzene rings is 3. The number of carbonyl (C=O) groups excluding carboxylic acids is 2. The normalized spacial score (nSPS) is 33.7. The number of carbonyl (C=O) groups is 2. The van der Waals surface area contributed by atoms with Gasteiger partial charge in [-0.25, -0.2) is 0 Å². The van der Waals surface area contributed by atoms with Crippen molar-refractivity contribution in [3.8, 4) is 0 Å². The summed E-state index contributed by atoms with van der Waals surface area (Å²) < 4.78 is 56.8. The number of rotatable bonds is 19. The lowest BCUT2D eigenvalue weighted by Crippen LogP contribution is -2.70. The molecule has 15 atom stereocenters. The van der Waals surface area contributed by atoms with E-state index in [4.69, 9.17) is 42.6 Å². The summed E-state index contributed by atoms with van der Waals surface area (Å²) in [6.45, 7) is 1.53. The molecule has 2 amide bonds. The Balaban J connectivity index is 1.30. The third-order valence-electron chi connectivity index (χ3n) is 10.8. The topological polar surface area (TPSA) is 242 Å². The van der Waals surface area contributed by atoms with Crippen molar-refractivity contribution in [1.82, 2.24) is 10.6 Å². The van der Waals surface area contributed by atoms with Crippen LogP contribution in [0.3, 0.4) is 0 Å². The molecule has 0 aromatic heterocycles. The third kappa shape index (κ3) is 12.2. The van der Waals surface area contributed by atoms with Crippen molar-refractivity contribution >= 4 is 11.8 Å². The molecule has 18 nitrogen and oxygen atoms in total. The minimum Gasteiger partial charge on any atom is -0.394 e. The minimum absolute atomic E-state index is 0.0659. The Kier molecular flexibility index (Phi) is 17.7. The van der Waals surface area contributed by atoms with Crippen LogP contribution in [-0.4, -0.2) is 156 Å². The van der Waals surface area contributed by atoms with E-state index >= 15 is 0 Å². The van der Waals surface area contributed by atoms with Gasteiger partial charge in [0, 0.05) is 21.0 Å². The van der Waals surface area contributed by atoms with Crippen LogP contribution in [0.25, 0.3) is 0 Å². The Morgan fingerprint density at radius 2 is 1.00 bits per heavy atom. The lowest BCUT2D eigenvalue weighted by Gasteiger charge is -2.50. The largest absolute Gasteiger partial charge is 0.394 e. The van der Waals surface area contributed by atoms with Gasteiger partial charge in [0.05, 0.1) is 39.6 Å².